The molecule has 0 spiro atoms. The van der Waals surface area contributed by atoms with Crippen LogP contribution in [0.25, 0.3) is 0 Å². The molecule has 4 heteroatoms. The Morgan fingerprint density at radius 3 is 2.59 bits per heavy atom. The second kappa shape index (κ2) is 8.17. The number of halogens is 1. The number of rotatable bonds is 5. The van der Waals surface area contributed by atoms with E-state index in [0.717, 1.165) is 18.1 Å². The van der Waals surface area contributed by atoms with Crippen molar-refractivity contribution in [3.05, 3.63) is 71.5 Å². The number of nitrogens with one attached hydrogen (secondary N) is 2. The second-order valence-corrected chi connectivity index (χ2v) is 5.10. The molecule has 116 valence electrons. The van der Waals surface area contributed by atoms with Crippen LogP contribution in [0.4, 0.5) is 4.39 Å². The molecule has 3 nitrogen and oxygen atoms in total. The SMILES string of the molecule is CCNC(=NCc1cccc(F)c1)NC(C)c1ccccc1. The summed E-state index contributed by atoms with van der Waals surface area (Å²) in [4.78, 5) is 4.52. The van der Waals surface area contributed by atoms with Gasteiger partial charge in [0, 0.05) is 6.54 Å². The van der Waals surface area contributed by atoms with Crippen LogP contribution in [0.1, 0.15) is 31.0 Å². The Morgan fingerprint density at radius 1 is 1.14 bits per heavy atom. The van der Waals surface area contributed by atoms with Crippen LogP contribution >= 0.6 is 0 Å². The predicted molar refractivity (Wildman–Crippen MR) is 89.2 cm³/mol. The van der Waals surface area contributed by atoms with Gasteiger partial charge >= 0.3 is 0 Å². The molecule has 0 aliphatic heterocycles. The van der Waals surface area contributed by atoms with Gasteiger partial charge in [-0.05, 0) is 37.1 Å². The van der Waals surface area contributed by atoms with E-state index in [1.54, 1.807) is 6.07 Å². The van der Waals surface area contributed by atoms with Crippen LogP contribution in [0, 0.1) is 5.82 Å². The van der Waals surface area contributed by atoms with E-state index in [1.807, 2.05) is 31.2 Å². The first-order valence-electron chi connectivity index (χ1n) is 7.53. The molecule has 1 unspecified atom stereocenters. The van der Waals surface area contributed by atoms with E-state index in [0.29, 0.717) is 6.54 Å². The molecular weight excluding hydrogens is 277 g/mol. The zero-order valence-corrected chi connectivity index (χ0v) is 13.0. The van der Waals surface area contributed by atoms with Crippen LogP contribution in [0.5, 0.6) is 0 Å². The highest BCUT2D eigenvalue weighted by molar-refractivity contribution is 5.80. The highest BCUT2D eigenvalue weighted by Gasteiger charge is 2.07. The van der Waals surface area contributed by atoms with Gasteiger partial charge in [0.05, 0.1) is 12.6 Å². The predicted octanol–water partition coefficient (Wildman–Crippen LogP) is 3.64. The minimum Gasteiger partial charge on any atom is -0.357 e. The first-order valence-corrected chi connectivity index (χ1v) is 7.53. The molecular formula is C18H22FN3. The largest absolute Gasteiger partial charge is 0.357 e. The van der Waals surface area contributed by atoms with Gasteiger partial charge in [-0.2, -0.15) is 0 Å². The minimum absolute atomic E-state index is 0.145. The van der Waals surface area contributed by atoms with Gasteiger partial charge in [0.25, 0.3) is 0 Å². The van der Waals surface area contributed by atoms with Gasteiger partial charge < -0.3 is 10.6 Å². The molecule has 0 radical (unpaired) electrons. The fourth-order valence-electron chi connectivity index (χ4n) is 2.16. The molecule has 2 aromatic rings. The van der Waals surface area contributed by atoms with Crippen LogP contribution in [-0.4, -0.2) is 12.5 Å². The Labute approximate surface area is 131 Å². The summed E-state index contributed by atoms with van der Waals surface area (Å²) in [5.41, 5.74) is 2.04. The maximum absolute atomic E-state index is 13.2. The summed E-state index contributed by atoms with van der Waals surface area (Å²) < 4.78 is 13.2. The fourth-order valence-corrected chi connectivity index (χ4v) is 2.16. The third kappa shape index (κ3) is 4.88. The van der Waals surface area contributed by atoms with E-state index < -0.39 is 0 Å². The van der Waals surface area contributed by atoms with Gasteiger partial charge in [-0.1, -0.05) is 42.5 Å². The molecule has 1 atom stereocenters. The second-order valence-electron chi connectivity index (χ2n) is 5.10. The van der Waals surface area contributed by atoms with Crippen LogP contribution in [0.2, 0.25) is 0 Å². The molecule has 0 bridgehead atoms. The first-order chi connectivity index (χ1) is 10.7. The van der Waals surface area contributed by atoms with Gasteiger partial charge in [-0.15, -0.1) is 0 Å². The normalized spacial score (nSPS) is 12.8. The Balaban J connectivity index is 2.04. The van der Waals surface area contributed by atoms with Gasteiger partial charge in [0.2, 0.25) is 0 Å². The molecule has 2 N–H and O–H groups in total. The Bertz CT molecular complexity index is 611. The molecule has 0 fully saturated rings. The number of nitrogens with zero attached hydrogens (tertiary/aromatic N) is 1. The molecule has 0 aliphatic carbocycles. The highest BCUT2D eigenvalue weighted by Crippen LogP contribution is 2.11. The molecule has 0 saturated heterocycles. The first kappa shape index (κ1) is 16.0. The van der Waals surface area contributed by atoms with Crippen molar-refractivity contribution in [2.75, 3.05) is 6.54 Å². The van der Waals surface area contributed by atoms with E-state index >= 15 is 0 Å². The lowest BCUT2D eigenvalue weighted by atomic mass is 10.1. The molecule has 0 aromatic heterocycles. The van der Waals surface area contributed by atoms with Crippen LogP contribution in [-0.2, 0) is 6.54 Å². The third-order valence-corrected chi connectivity index (χ3v) is 3.31. The summed E-state index contributed by atoms with van der Waals surface area (Å²) in [6.45, 7) is 5.32. The molecule has 0 saturated carbocycles. The standard InChI is InChI=1S/C18H22FN3/c1-3-20-18(21-13-15-8-7-11-17(19)12-15)22-14(2)16-9-5-4-6-10-16/h4-12,14H,3,13H2,1-2H3,(H2,20,21,22). The smallest absolute Gasteiger partial charge is 0.192 e. The lowest BCUT2D eigenvalue weighted by Crippen LogP contribution is -2.38. The van der Waals surface area contributed by atoms with Crippen molar-refractivity contribution in [3.8, 4) is 0 Å². The summed E-state index contributed by atoms with van der Waals surface area (Å²) >= 11 is 0. The number of hydrogen-bond donors (Lipinski definition) is 2. The third-order valence-electron chi connectivity index (χ3n) is 3.31. The molecule has 0 aliphatic rings. The van der Waals surface area contributed by atoms with Crippen LogP contribution in [0.3, 0.4) is 0 Å². The van der Waals surface area contributed by atoms with Gasteiger partial charge in [-0.3, -0.25) is 0 Å². The minimum atomic E-state index is -0.233. The number of benzene rings is 2. The van der Waals surface area contributed by atoms with E-state index in [1.165, 1.54) is 17.7 Å². The van der Waals surface area contributed by atoms with Gasteiger partial charge in [0.1, 0.15) is 5.82 Å². The number of hydrogen-bond acceptors (Lipinski definition) is 1. The Hall–Kier alpha value is -2.36. The molecule has 2 rings (SSSR count). The van der Waals surface area contributed by atoms with Crippen molar-refractivity contribution >= 4 is 5.96 Å². The Kier molecular flexibility index (Phi) is 5.95. The molecule has 0 heterocycles. The molecule has 22 heavy (non-hydrogen) atoms. The van der Waals surface area contributed by atoms with Crippen molar-refractivity contribution in [2.24, 2.45) is 4.99 Å². The molecule has 0 amide bonds. The van der Waals surface area contributed by atoms with E-state index in [4.69, 9.17) is 0 Å². The quantitative estimate of drug-likeness (QED) is 0.653. The van der Waals surface area contributed by atoms with E-state index in [-0.39, 0.29) is 11.9 Å². The van der Waals surface area contributed by atoms with Gasteiger partial charge in [-0.25, -0.2) is 9.38 Å². The fraction of sp³-hybridized carbons (Fsp3) is 0.278. The maximum atomic E-state index is 13.2. The van der Waals surface area contributed by atoms with Crippen molar-refractivity contribution in [3.63, 3.8) is 0 Å². The topological polar surface area (TPSA) is 36.4 Å². The van der Waals surface area contributed by atoms with Crippen molar-refractivity contribution in [1.29, 1.82) is 0 Å². The van der Waals surface area contributed by atoms with Gasteiger partial charge in [0.15, 0.2) is 5.96 Å². The van der Waals surface area contributed by atoms with Crippen molar-refractivity contribution in [2.45, 2.75) is 26.4 Å². The average Bonchev–Trinajstić information content (AvgIpc) is 2.54. The number of guanidine groups is 1. The summed E-state index contributed by atoms with van der Waals surface area (Å²) in [7, 11) is 0. The summed E-state index contributed by atoms with van der Waals surface area (Å²) in [5.74, 6) is 0.492. The zero-order valence-electron chi connectivity index (χ0n) is 13.0. The lowest BCUT2D eigenvalue weighted by molar-refractivity contribution is 0.625. The Morgan fingerprint density at radius 2 is 1.91 bits per heavy atom. The highest BCUT2D eigenvalue weighted by atomic mass is 19.1. The summed E-state index contributed by atoms with van der Waals surface area (Å²) in [5, 5.41) is 6.58. The monoisotopic (exact) mass is 299 g/mol. The maximum Gasteiger partial charge on any atom is 0.192 e. The van der Waals surface area contributed by atoms with Crippen LogP contribution < -0.4 is 10.6 Å². The van der Waals surface area contributed by atoms with Crippen molar-refractivity contribution in [1.82, 2.24) is 10.6 Å². The molecule has 2 aromatic carbocycles. The lowest BCUT2D eigenvalue weighted by Gasteiger charge is -2.18. The van der Waals surface area contributed by atoms with Crippen molar-refractivity contribution < 1.29 is 4.39 Å². The summed E-state index contributed by atoms with van der Waals surface area (Å²) in [6.07, 6.45) is 0. The van der Waals surface area contributed by atoms with E-state index in [2.05, 4.69) is 34.7 Å². The van der Waals surface area contributed by atoms with Crippen LogP contribution in [0.15, 0.2) is 59.6 Å². The van der Waals surface area contributed by atoms with E-state index in [9.17, 15) is 4.39 Å². The summed E-state index contributed by atoms with van der Waals surface area (Å²) in [6, 6.07) is 16.9. The zero-order chi connectivity index (χ0) is 15.8. The number of aliphatic imine (C=N–C) groups is 1. The average molecular weight is 299 g/mol.